The number of hydrogen-bond donors (Lipinski definition) is 4. The summed E-state index contributed by atoms with van der Waals surface area (Å²) in [6, 6.07) is 14.9. The van der Waals surface area contributed by atoms with Crippen LogP contribution in [0.2, 0.25) is 0 Å². The van der Waals surface area contributed by atoms with Crippen molar-refractivity contribution in [2.45, 2.75) is 143 Å². The molecule has 0 aliphatic carbocycles. The molecule has 19 heteroatoms. The van der Waals surface area contributed by atoms with Crippen LogP contribution in [0.15, 0.2) is 72.8 Å². The van der Waals surface area contributed by atoms with Crippen LogP contribution in [0, 0.1) is 0 Å². The molecule has 0 saturated carbocycles. The fourth-order valence-corrected chi connectivity index (χ4v) is 6.63. The number of alkyl carbamates (subject to hydrolysis) is 4. The molecule has 0 bridgehead atoms. The Bertz CT molecular complexity index is 2000. The van der Waals surface area contributed by atoms with Crippen molar-refractivity contribution in [3.05, 3.63) is 95.1 Å². The summed E-state index contributed by atoms with van der Waals surface area (Å²) in [7, 11) is 0. The van der Waals surface area contributed by atoms with Crippen LogP contribution in [0.5, 0.6) is 0 Å². The summed E-state index contributed by atoms with van der Waals surface area (Å²) in [5.74, 6) is -1.12. The summed E-state index contributed by atoms with van der Waals surface area (Å²) in [5, 5.41) is 11.4. The lowest BCUT2D eigenvalue weighted by Crippen LogP contribution is -2.43. The first-order valence-corrected chi connectivity index (χ1v) is 24.2. The third kappa shape index (κ3) is 23.9. The molecule has 72 heavy (non-hydrogen) atoms. The third-order valence-corrected chi connectivity index (χ3v) is 11.0. The van der Waals surface area contributed by atoms with E-state index in [0.717, 1.165) is 47.9 Å². The van der Waals surface area contributed by atoms with Gasteiger partial charge < -0.3 is 59.2 Å². The van der Waals surface area contributed by atoms with Gasteiger partial charge in [0, 0.05) is 11.1 Å². The third-order valence-electron chi connectivity index (χ3n) is 11.0. The molecule has 2 aromatic carbocycles. The van der Waals surface area contributed by atoms with Crippen LogP contribution in [0.25, 0.3) is 0 Å². The Morgan fingerprint density at radius 2 is 0.611 bits per heavy atom. The smallest absolute Gasteiger partial charge is 0.459 e. The minimum atomic E-state index is -0.832. The van der Waals surface area contributed by atoms with E-state index in [4.69, 9.17) is 37.9 Å². The zero-order chi connectivity index (χ0) is 54.0. The average molecular weight is 1010 g/mol. The molecule has 2 rings (SSSR count). The van der Waals surface area contributed by atoms with E-state index >= 15 is 0 Å². The molecule has 0 saturated heterocycles. The topological polar surface area (TPSA) is 241 Å². The number of carbonyl (C=O) groups excluding carboxylic acids is 7. The molecule has 19 nitrogen and oxygen atoms in total. The Morgan fingerprint density at radius 3 is 0.875 bits per heavy atom. The molecule has 0 atom stereocenters. The maximum atomic E-state index is 12.7. The van der Waals surface area contributed by atoms with Gasteiger partial charge in [0.1, 0.15) is 26.4 Å². The molecule has 0 radical (unpaired) electrons. The van der Waals surface area contributed by atoms with Crippen molar-refractivity contribution in [3.63, 3.8) is 0 Å². The molecule has 0 fully saturated rings. The van der Waals surface area contributed by atoms with Gasteiger partial charge in [-0.25, -0.2) is 33.6 Å². The Balaban J connectivity index is 1.56. The lowest BCUT2D eigenvalue weighted by Gasteiger charge is -2.30. The van der Waals surface area contributed by atoms with E-state index in [0.29, 0.717) is 25.7 Å². The fraction of sp³-hybridized carbons (Fsp3) is 0.566. The SMILES string of the molecule is C=C(C)C(=O)OCCOC(=O)NC(C)(C)c1cccc(C(C)(C)NC(=O)OCCCCCCOC(=O)OCCCCCCOC(=O)NC(C)(C)c2cccc(C(C)(C)NC(=O)OCCOC(=O)C(=C)C)c2)c1. The number of amides is 4. The highest BCUT2D eigenvalue weighted by molar-refractivity contribution is 5.87. The summed E-state index contributed by atoms with van der Waals surface area (Å²) in [6.45, 7) is 25.1. The molecule has 4 amide bonds. The molecule has 0 aliphatic heterocycles. The van der Waals surface area contributed by atoms with Crippen molar-refractivity contribution >= 4 is 42.5 Å². The highest BCUT2D eigenvalue weighted by Crippen LogP contribution is 2.28. The van der Waals surface area contributed by atoms with Crippen molar-refractivity contribution in [2.24, 2.45) is 0 Å². The van der Waals surface area contributed by atoms with Crippen LogP contribution >= 0.6 is 0 Å². The number of carbonyl (C=O) groups is 7. The minimum Gasteiger partial charge on any atom is -0.459 e. The number of benzene rings is 2. The summed E-state index contributed by atoms with van der Waals surface area (Å²) in [5.41, 5.74) is 0.354. The van der Waals surface area contributed by atoms with E-state index in [1.807, 2.05) is 104 Å². The van der Waals surface area contributed by atoms with Gasteiger partial charge in [-0.05, 0) is 143 Å². The van der Waals surface area contributed by atoms with Crippen molar-refractivity contribution in [3.8, 4) is 0 Å². The standard InChI is InChI=1S/C53H78N4O15/c1-37(2)43(58)65-31-33-69-47(62)56-52(9,10)41-25-21-23-39(35-41)50(5,6)54-45(60)67-27-17-13-15-19-29-71-49(64)72-30-20-16-14-18-28-68-46(61)55-51(7,8)40-24-22-26-42(36-40)53(11,12)57-48(63)70-34-32-66-44(59)38(3)4/h21-26,35-36H,1,3,13-20,27-34H2,2,4-12H3,(H,54,60)(H,55,61)(H,56,62)(H,57,63). The molecule has 0 unspecified atom stereocenters. The maximum absolute atomic E-state index is 12.7. The molecular formula is C53H78N4O15. The average Bonchev–Trinajstić information content (AvgIpc) is 3.30. The number of esters is 2. The van der Waals surface area contributed by atoms with Crippen LogP contribution in [0.3, 0.4) is 0 Å². The monoisotopic (exact) mass is 1010 g/mol. The normalized spacial score (nSPS) is 11.5. The number of hydrogen-bond acceptors (Lipinski definition) is 15. The lowest BCUT2D eigenvalue weighted by atomic mass is 9.87. The first kappa shape index (κ1) is 61.3. The van der Waals surface area contributed by atoms with E-state index in [9.17, 15) is 33.6 Å². The summed E-state index contributed by atoms with van der Waals surface area (Å²) in [6.07, 6.45) is 2.33. The van der Waals surface area contributed by atoms with Gasteiger partial charge in [0.15, 0.2) is 0 Å². The zero-order valence-corrected chi connectivity index (χ0v) is 44.0. The van der Waals surface area contributed by atoms with Crippen LogP contribution in [0.4, 0.5) is 24.0 Å². The molecule has 0 aromatic heterocycles. The van der Waals surface area contributed by atoms with Gasteiger partial charge >= 0.3 is 42.5 Å². The molecule has 0 spiro atoms. The van der Waals surface area contributed by atoms with Crippen LogP contribution in [-0.2, 0) is 69.6 Å². The highest BCUT2D eigenvalue weighted by Gasteiger charge is 2.30. The number of unbranched alkanes of at least 4 members (excludes halogenated alkanes) is 6. The van der Waals surface area contributed by atoms with Crippen molar-refractivity contribution < 1.29 is 71.5 Å². The second-order valence-electron chi connectivity index (χ2n) is 19.3. The Morgan fingerprint density at radius 1 is 0.375 bits per heavy atom. The first-order valence-electron chi connectivity index (χ1n) is 24.2. The van der Waals surface area contributed by atoms with Gasteiger partial charge in [0.25, 0.3) is 0 Å². The Kier molecular flexibility index (Phi) is 25.7. The van der Waals surface area contributed by atoms with Crippen LogP contribution < -0.4 is 21.3 Å². The van der Waals surface area contributed by atoms with Gasteiger partial charge in [0.05, 0.1) is 48.6 Å². The molecular weight excluding hydrogens is 933 g/mol. The minimum absolute atomic E-state index is 0.0949. The largest absolute Gasteiger partial charge is 0.508 e. The highest BCUT2D eigenvalue weighted by atomic mass is 16.7. The predicted octanol–water partition coefficient (Wildman–Crippen LogP) is 9.74. The van der Waals surface area contributed by atoms with Crippen molar-refractivity contribution in [2.75, 3.05) is 52.9 Å². The molecule has 2 aromatic rings. The predicted molar refractivity (Wildman–Crippen MR) is 269 cm³/mol. The maximum Gasteiger partial charge on any atom is 0.508 e. The van der Waals surface area contributed by atoms with Gasteiger partial charge in [-0.15, -0.1) is 0 Å². The van der Waals surface area contributed by atoms with Gasteiger partial charge in [-0.3, -0.25) is 0 Å². The van der Waals surface area contributed by atoms with Gasteiger partial charge in [-0.2, -0.15) is 0 Å². The van der Waals surface area contributed by atoms with E-state index in [1.165, 1.54) is 13.8 Å². The van der Waals surface area contributed by atoms with Crippen molar-refractivity contribution in [1.82, 2.24) is 21.3 Å². The molecule has 0 aliphatic rings. The molecule has 0 heterocycles. The van der Waals surface area contributed by atoms with Gasteiger partial charge in [-0.1, -0.05) is 61.7 Å². The summed E-state index contributed by atoms with van der Waals surface area (Å²) >= 11 is 0. The van der Waals surface area contributed by atoms with Crippen molar-refractivity contribution in [1.29, 1.82) is 0 Å². The number of nitrogens with one attached hydrogen (secondary N) is 4. The first-order chi connectivity index (χ1) is 33.8. The summed E-state index contributed by atoms with van der Waals surface area (Å²) < 4.78 is 41.4. The van der Waals surface area contributed by atoms with Crippen LogP contribution in [-0.4, -0.2) is 95.3 Å². The number of rotatable bonds is 30. The quantitative estimate of drug-likeness (QED) is 0.0246. The summed E-state index contributed by atoms with van der Waals surface area (Å²) in [4.78, 5) is 85.3. The molecule has 4 N–H and O–H groups in total. The Labute approximate surface area is 424 Å². The number of ether oxygens (including phenoxy) is 8. The second-order valence-corrected chi connectivity index (χ2v) is 19.3. The van der Waals surface area contributed by atoms with E-state index in [2.05, 4.69) is 34.4 Å². The van der Waals surface area contributed by atoms with Gasteiger partial charge in [0.2, 0.25) is 0 Å². The molecule has 400 valence electrons. The lowest BCUT2D eigenvalue weighted by molar-refractivity contribution is -0.140. The van der Waals surface area contributed by atoms with E-state index in [1.54, 1.807) is 0 Å². The fourth-order valence-electron chi connectivity index (χ4n) is 6.63. The second kappa shape index (κ2) is 30.2. The van der Waals surface area contributed by atoms with E-state index in [-0.39, 0.29) is 64.0 Å². The zero-order valence-electron chi connectivity index (χ0n) is 44.0. The Hall–Kier alpha value is -6.79. The van der Waals surface area contributed by atoms with E-state index < -0.39 is 64.6 Å². The van der Waals surface area contributed by atoms with Crippen LogP contribution in [0.1, 0.15) is 143 Å².